The molecule has 0 aliphatic heterocycles. The van der Waals surface area contributed by atoms with E-state index in [0.717, 1.165) is 22.5 Å². The topological polar surface area (TPSA) is 84.4 Å². The maximum absolute atomic E-state index is 14.4. The van der Waals surface area contributed by atoms with Crippen molar-refractivity contribution in [2.75, 3.05) is 18.2 Å². The Balaban J connectivity index is 1.71. The Bertz CT molecular complexity index is 1480. The van der Waals surface area contributed by atoms with Gasteiger partial charge in [-0.15, -0.1) is 0 Å². The number of anilines is 1. The molecule has 9 heteroatoms. The summed E-state index contributed by atoms with van der Waals surface area (Å²) in [5.74, 6) is -0.639. The first-order valence-corrected chi connectivity index (χ1v) is 13.7. The van der Waals surface area contributed by atoms with E-state index in [1.165, 1.54) is 34.9 Å². The van der Waals surface area contributed by atoms with E-state index in [9.17, 15) is 14.0 Å². The Hall–Kier alpha value is -4.24. The van der Waals surface area contributed by atoms with Crippen LogP contribution in [0.2, 0.25) is 0 Å². The molecule has 0 saturated carbocycles. The molecule has 0 bridgehead atoms. The van der Waals surface area contributed by atoms with Gasteiger partial charge in [0.1, 0.15) is 17.6 Å². The smallest absolute Gasteiger partial charge is 0.251 e. The second-order valence-electron chi connectivity index (χ2n) is 9.35. The Kier molecular flexibility index (Phi) is 9.50. The standard InChI is InChI=1S/C31H31FN4O3S/c1-20-8-5-6-9-24(20)18-36(28(37)19-40-31-33-21(2)16-22(3)34-31)29(23-10-7-11-25(32)17-23)30(38)35-26-12-14-27(39-4)15-13-26/h5-17,29H,18-19H2,1-4H3,(H,35,38). The van der Waals surface area contributed by atoms with Crippen LogP contribution in [0.5, 0.6) is 5.75 Å². The van der Waals surface area contributed by atoms with Gasteiger partial charge in [-0.05, 0) is 79.9 Å². The monoisotopic (exact) mass is 558 g/mol. The molecular formula is C31H31FN4O3S. The summed E-state index contributed by atoms with van der Waals surface area (Å²) in [4.78, 5) is 38.1. The normalized spacial score (nSPS) is 11.5. The predicted octanol–water partition coefficient (Wildman–Crippen LogP) is 6.05. The second kappa shape index (κ2) is 13.2. The molecule has 0 radical (unpaired) electrons. The molecule has 3 aromatic carbocycles. The van der Waals surface area contributed by atoms with Crippen LogP contribution in [0.25, 0.3) is 0 Å². The number of thioether (sulfide) groups is 1. The molecule has 2 amide bonds. The van der Waals surface area contributed by atoms with E-state index in [2.05, 4.69) is 15.3 Å². The number of halogens is 1. The van der Waals surface area contributed by atoms with E-state index in [4.69, 9.17) is 4.74 Å². The van der Waals surface area contributed by atoms with Gasteiger partial charge in [-0.1, -0.05) is 48.2 Å². The number of nitrogens with zero attached hydrogens (tertiary/aromatic N) is 3. The van der Waals surface area contributed by atoms with Gasteiger partial charge in [0.05, 0.1) is 12.9 Å². The van der Waals surface area contributed by atoms with Crippen molar-refractivity contribution in [1.29, 1.82) is 0 Å². The van der Waals surface area contributed by atoms with Crippen molar-refractivity contribution in [2.45, 2.75) is 38.5 Å². The van der Waals surface area contributed by atoms with Crippen LogP contribution in [0.1, 0.15) is 34.1 Å². The van der Waals surface area contributed by atoms with Gasteiger partial charge in [0.2, 0.25) is 5.91 Å². The fraction of sp³-hybridized carbons (Fsp3) is 0.226. The van der Waals surface area contributed by atoms with Gasteiger partial charge in [-0.2, -0.15) is 0 Å². The highest BCUT2D eigenvalue weighted by Gasteiger charge is 2.32. The van der Waals surface area contributed by atoms with Crippen molar-refractivity contribution in [1.82, 2.24) is 14.9 Å². The summed E-state index contributed by atoms with van der Waals surface area (Å²) < 4.78 is 19.6. The number of rotatable bonds is 10. The minimum atomic E-state index is -1.11. The molecule has 4 aromatic rings. The Morgan fingerprint density at radius 1 is 0.950 bits per heavy atom. The Labute approximate surface area is 237 Å². The van der Waals surface area contributed by atoms with Gasteiger partial charge in [0, 0.05) is 23.6 Å². The lowest BCUT2D eigenvalue weighted by Crippen LogP contribution is -2.42. The minimum absolute atomic E-state index is 0.00357. The molecule has 1 aromatic heterocycles. The molecule has 0 spiro atoms. The molecule has 1 atom stereocenters. The van der Waals surface area contributed by atoms with Crippen LogP contribution in [0, 0.1) is 26.6 Å². The molecule has 0 aliphatic rings. The number of carbonyl (C=O) groups excluding carboxylic acids is 2. The van der Waals surface area contributed by atoms with Crippen LogP contribution in [0.3, 0.4) is 0 Å². The molecule has 1 heterocycles. The summed E-state index contributed by atoms with van der Waals surface area (Å²) in [7, 11) is 1.56. The molecule has 0 saturated heterocycles. The maximum atomic E-state index is 14.4. The third-order valence-corrected chi connectivity index (χ3v) is 7.12. The van der Waals surface area contributed by atoms with E-state index in [1.807, 2.05) is 51.1 Å². The minimum Gasteiger partial charge on any atom is -0.497 e. The summed E-state index contributed by atoms with van der Waals surface area (Å²) in [6.45, 7) is 5.84. The maximum Gasteiger partial charge on any atom is 0.251 e. The lowest BCUT2D eigenvalue weighted by atomic mass is 10.0. The third kappa shape index (κ3) is 7.45. The number of hydrogen-bond donors (Lipinski definition) is 1. The van der Waals surface area contributed by atoms with Crippen molar-refractivity contribution >= 4 is 29.3 Å². The SMILES string of the molecule is COc1ccc(NC(=O)C(c2cccc(F)c2)N(Cc2ccccc2C)C(=O)CSc2nc(C)cc(C)n2)cc1. The average Bonchev–Trinajstić information content (AvgIpc) is 2.92. The molecule has 7 nitrogen and oxygen atoms in total. The number of aryl methyl sites for hydroxylation is 3. The van der Waals surface area contributed by atoms with E-state index < -0.39 is 17.8 Å². The van der Waals surface area contributed by atoms with Crippen LogP contribution in [0.15, 0.2) is 84.0 Å². The van der Waals surface area contributed by atoms with Gasteiger partial charge in [0.15, 0.2) is 5.16 Å². The van der Waals surface area contributed by atoms with Crippen molar-refractivity contribution in [3.8, 4) is 5.75 Å². The van der Waals surface area contributed by atoms with Crippen molar-refractivity contribution < 1.29 is 18.7 Å². The van der Waals surface area contributed by atoms with Crippen LogP contribution in [-0.4, -0.2) is 39.5 Å². The zero-order chi connectivity index (χ0) is 28.6. The van der Waals surface area contributed by atoms with Gasteiger partial charge in [0.25, 0.3) is 5.91 Å². The fourth-order valence-electron chi connectivity index (χ4n) is 4.30. The number of nitrogens with one attached hydrogen (secondary N) is 1. The van der Waals surface area contributed by atoms with Gasteiger partial charge >= 0.3 is 0 Å². The molecule has 40 heavy (non-hydrogen) atoms. The number of benzene rings is 3. The van der Waals surface area contributed by atoms with E-state index in [1.54, 1.807) is 37.4 Å². The summed E-state index contributed by atoms with van der Waals surface area (Å²) in [5, 5.41) is 3.37. The highest BCUT2D eigenvalue weighted by molar-refractivity contribution is 7.99. The third-order valence-electron chi connectivity index (χ3n) is 6.29. The second-order valence-corrected chi connectivity index (χ2v) is 10.3. The first-order chi connectivity index (χ1) is 19.2. The number of carbonyl (C=O) groups is 2. The van der Waals surface area contributed by atoms with Gasteiger partial charge in [-0.3, -0.25) is 9.59 Å². The average molecular weight is 559 g/mol. The summed E-state index contributed by atoms with van der Waals surface area (Å²) in [6, 6.07) is 21.1. The molecule has 0 fully saturated rings. The van der Waals surface area contributed by atoms with Crippen LogP contribution in [0.4, 0.5) is 10.1 Å². The highest BCUT2D eigenvalue weighted by atomic mass is 32.2. The van der Waals surface area contributed by atoms with E-state index in [-0.39, 0.29) is 18.2 Å². The zero-order valence-corrected chi connectivity index (χ0v) is 23.7. The quantitative estimate of drug-likeness (QED) is 0.188. The Morgan fingerprint density at radius 2 is 1.65 bits per heavy atom. The summed E-state index contributed by atoms with van der Waals surface area (Å²) in [6.07, 6.45) is 0. The molecule has 1 N–H and O–H groups in total. The lowest BCUT2D eigenvalue weighted by Gasteiger charge is -2.32. The van der Waals surface area contributed by atoms with Gasteiger partial charge in [-0.25, -0.2) is 14.4 Å². The molecular weight excluding hydrogens is 527 g/mol. The van der Waals surface area contributed by atoms with Crippen LogP contribution < -0.4 is 10.1 Å². The number of amides is 2. The summed E-state index contributed by atoms with van der Waals surface area (Å²) in [5.41, 5.74) is 4.34. The Morgan fingerprint density at radius 3 is 2.30 bits per heavy atom. The molecule has 1 unspecified atom stereocenters. The van der Waals surface area contributed by atoms with Crippen LogP contribution in [-0.2, 0) is 16.1 Å². The number of ether oxygens (including phenoxy) is 1. The van der Waals surface area contributed by atoms with Crippen molar-refractivity contribution in [3.05, 3.63) is 113 Å². The number of hydrogen-bond acceptors (Lipinski definition) is 6. The molecule has 4 rings (SSSR count). The first kappa shape index (κ1) is 28.8. The lowest BCUT2D eigenvalue weighted by molar-refractivity contribution is -0.137. The van der Waals surface area contributed by atoms with Crippen LogP contribution >= 0.6 is 11.8 Å². The predicted molar refractivity (Wildman–Crippen MR) is 155 cm³/mol. The fourth-order valence-corrected chi connectivity index (χ4v) is 5.13. The molecule has 206 valence electrons. The van der Waals surface area contributed by atoms with Crippen molar-refractivity contribution in [3.63, 3.8) is 0 Å². The number of methoxy groups -OCH3 is 1. The van der Waals surface area contributed by atoms with Gasteiger partial charge < -0.3 is 15.0 Å². The zero-order valence-electron chi connectivity index (χ0n) is 22.8. The summed E-state index contributed by atoms with van der Waals surface area (Å²) >= 11 is 1.20. The largest absolute Gasteiger partial charge is 0.497 e. The molecule has 0 aliphatic carbocycles. The number of aromatic nitrogens is 2. The van der Waals surface area contributed by atoms with E-state index >= 15 is 0 Å². The van der Waals surface area contributed by atoms with Crippen molar-refractivity contribution in [2.24, 2.45) is 0 Å². The highest BCUT2D eigenvalue weighted by Crippen LogP contribution is 2.29. The van der Waals surface area contributed by atoms with E-state index in [0.29, 0.717) is 22.2 Å². The first-order valence-electron chi connectivity index (χ1n) is 12.7.